The molecule has 0 fully saturated rings. The Bertz CT molecular complexity index is 358. The predicted molar refractivity (Wildman–Crippen MR) is 54.4 cm³/mol. The van der Waals surface area contributed by atoms with Crippen molar-refractivity contribution in [2.45, 2.75) is 13.0 Å². The molecule has 0 saturated carbocycles. The number of aliphatic hydroxyl groups is 1. The molecular formula is C11H13NO2. The van der Waals surface area contributed by atoms with E-state index in [0.717, 1.165) is 17.7 Å². The number of nitrogens with zero attached hydrogens (tertiary/aromatic N) is 1. The van der Waals surface area contributed by atoms with Crippen LogP contribution in [0.4, 0.5) is 0 Å². The number of rotatable bonds is 2. The maximum atomic E-state index is 9.41. The van der Waals surface area contributed by atoms with Crippen LogP contribution in [0.15, 0.2) is 29.3 Å². The Morgan fingerprint density at radius 2 is 2.36 bits per heavy atom. The molecule has 1 N–H and O–H groups in total. The van der Waals surface area contributed by atoms with E-state index in [9.17, 15) is 5.11 Å². The van der Waals surface area contributed by atoms with E-state index in [4.69, 9.17) is 4.74 Å². The van der Waals surface area contributed by atoms with Crippen LogP contribution < -0.4 is 0 Å². The Balaban J connectivity index is 2.30. The summed E-state index contributed by atoms with van der Waals surface area (Å²) in [6.07, 6.45) is -0.447. The van der Waals surface area contributed by atoms with E-state index in [1.165, 1.54) is 0 Å². The third-order valence-corrected chi connectivity index (χ3v) is 2.20. The van der Waals surface area contributed by atoms with Crippen LogP contribution in [-0.4, -0.2) is 24.2 Å². The quantitative estimate of drug-likeness (QED) is 0.770. The van der Waals surface area contributed by atoms with Gasteiger partial charge in [-0.25, -0.2) is 4.99 Å². The van der Waals surface area contributed by atoms with E-state index < -0.39 is 6.10 Å². The standard InChI is InChI=1S/C11H13NO2/c1-8(13)9-3-2-4-10(7-9)11-12-5-6-14-11/h2-4,7-8,13H,5-6H2,1H3. The maximum absolute atomic E-state index is 9.41. The van der Waals surface area contributed by atoms with Gasteiger partial charge >= 0.3 is 0 Å². The summed E-state index contributed by atoms with van der Waals surface area (Å²) >= 11 is 0. The molecule has 0 aliphatic carbocycles. The van der Waals surface area contributed by atoms with Crippen molar-refractivity contribution in [2.75, 3.05) is 13.2 Å². The van der Waals surface area contributed by atoms with Crippen molar-refractivity contribution in [3.63, 3.8) is 0 Å². The normalized spacial score (nSPS) is 17.4. The number of hydrogen-bond donors (Lipinski definition) is 1. The van der Waals surface area contributed by atoms with Crippen molar-refractivity contribution in [3.8, 4) is 0 Å². The molecule has 1 heterocycles. The molecule has 1 aliphatic rings. The second kappa shape index (κ2) is 3.80. The molecule has 0 radical (unpaired) electrons. The van der Waals surface area contributed by atoms with Gasteiger partial charge in [-0.05, 0) is 24.6 Å². The second-order valence-electron chi connectivity index (χ2n) is 3.34. The molecule has 74 valence electrons. The smallest absolute Gasteiger partial charge is 0.216 e. The SMILES string of the molecule is CC(O)c1cccc(C2=NCCO2)c1. The molecule has 0 saturated heterocycles. The molecule has 1 unspecified atom stereocenters. The molecule has 0 amide bonds. The third-order valence-electron chi connectivity index (χ3n) is 2.20. The third kappa shape index (κ3) is 1.77. The molecule has 1 aromatic rings. The Morgan fingerprint density at radius 3 is 3.00 bits per heavy atom. The lowest BCUT2D eigenvalue weighted by molar-refractivity contribution is 0.199. The highest BCUT2D eigenvalue weighted by Crippen LogP contribution is 2.15. The van der Waals surface area contributed by atoms with E-state index in [-0.39, 0.29) is 0 Å². The van der Waals surface area contributed by atoms with Crippen molar-refractivity contribution < 1.29 is 9.84 Å². The van der Waals surface area contributed by atoms with E-state index in [1.807, 2.05) is 24.3 Å². The largest absolute Gasteiger partial charge is 0.476 e. The Labute approximate surface area is 83.1 Å². The number of aliphatic imine (C=N–C) groups is 1. The van der Waals surface area contributed by atoms with Crippen molar-refractivity contribution in [1.82, 2.24) is 0 Å². The minimum Gasteiger partial charge on any atom is -0.476 e. The van der Waals surface area contributed by atoms with Gasteiger partial charge in [0.25, 0.3) is 0 Å². The van der Waals surface area contributed by atoms with Gasteiger partial charge in [-0.15, -0.1) is 0 Å². The number of benzene rings is 1. The lowest BCUT2D eigenvalue weighted by Crippen LogP contribution is -2.02. The van der Waals surface area contributed by atoms with Crippen LogP contribution in [0.2, 0.25) is 0 Å². The Kier molecular flexibility index (Phi) is 2.50. The van der Waals surface area contributed by atoms with Crippen LogP contribution >= 0.6 is 0 Å². The van der Waals surface area contributed by atoms with Crippen LogP contribution in [0.3, 0.4) is 0 Å². The summed E-state index contributed by atoms with van der Waals surface area (Å²) in [5.41, 5.74) is 1.83. The first-order chi connectivity index (χ1) is 6.77. The van der Waals surface area contributed by atoms with Gasteiger partial charge in [0.05, 0.1) is 12.6 Å². The van der Waals surface area contributed by atoms with Crippen LogP contribution in [0.1, 0.15) is 24.2 Å². The molecular weight excluding hydrogens is 178 g/mol. The summed E-state index contributed by atoms with van der Waals surface area (Å²) < 4.78 is 5.34. The number of hydrogen-bond acceptors (Lipinski definition) is 3. The molecule has 0 aromatic heterocycles. The molecule has 1 aromatic carbocycles. The van der Waals surface area contributed by atoms with Gasteiger partial charge in [-0.3, -0.25) is 0 Å². The van der Waals surface area contributed by atoms with Gasteiger partial charge in [0.2, 0.25) is 5.90 Å². The summed E-state index contributed by atoms with van der Waals surface area (Å²) in [6.45, 7) is 3.14. The average molecular weight is 191 g/mol. The lowest BCUT2D eigenvalue weighted by Gasteiger charge is -2.07. The van der Waals surface area contributed by atoms with E-state index in [1.54, 1.807) is 6.92 Å². The Morgan fingerprint density at radius 1 is 1.50 bits per heavy atom. The number of ether oxygens (including phenoxy) is 1. The van der Waals surface area contributed by atoms with Crippen LogP contribution in [-0.2, 0) is 4.74 Å². The van der Waals surface area contributed by atoms with Crippen molar-refractivity contribution >= 4 is 5.90 Å². The summed E-state index contributed by atoms with van der Waals surface area (Å²) in [4.78, 5) is 4.22. The first kappa shape index (κ1) is 9.21. The van der Waals surface area contributed by atoms with Crippen molar-refractivity contribution in [3.05, 3.63) is 35.4 Å². The fourth-order valence-corrected chi connectivity index (χ4v) is 1.44. The molecule has 0 bridgehead atoms. The molecule has 2 rings (SSSR count). The molecule has 3 heteroatoms. The van der Waals surface area contributed by atoms with E-state index in [2.05, 4.69) is 4.99 Å². The highest BCUT2D eigenvalue weighted by Gasteiger charge is 2.11. The molecule has 14 heavy (non-hydrogen) atoms. The molecule has 1 aliphatic heterocycles. The zero-order chi connectivity index (χ0) is 9.97. The predicted octanol–water partition coefficient (Wildman–Crippen LogP) is 1.52. The van der Waals surface area contributed by atoms with E-state index >= 15 is 0 Å². The van der Waals surface area contributed by atoms with Crippen LogP contribution in [0, 0.1) is 0 Å². The fourth-order valence-electron chi connectivity index (χ4n) is 1.44. The summed E-state index contributed by atoms with van der Waals surface area (Å²) in [5, 5.41) is 9.41. The minimum absolute atomic E-state index is 0.447. The average Bonchev–Trinajstić information content (AvgIpc) is 2.71. The summed E-state index contributed by atoms with van der Waals surface area (Å²) in [7, 11) is 0. The van der Waals surface area contributed by atoms with Gasteiger partial charge in [0, 0.05) is 5.56 Å². The highest BCUT2D eigenvalue weighted by molar-refractivity contribution is 5.95. The zero-order valence-electron chi connectivity index (χ0n) is 8.10. The van der Waals surface area contributed by atoms with Crippen molar-refractivity contribution in [2.24, 2.45) is 4.99 Å². The van der Waals surface area contributed by atoms with Gasteiger partial charge in [-0.1, -0.05) is 12.1 Å². The summed E-state index contributed by atoms with van der Waals surface area (Å²) in [6, 6.07) is 7.65. The topological polar surface area (TPSA) is 41.8 Å². The molecule has 3 nitrogen and oxygen atoms in total. The first-order valence-corrected chi connectivity index (χ1v) is 4.73. The van der Waals surface area contributed by atoms with Gasteiger partial charge in [0.1, 0.15) is 6.61 Å². The van der Waals surface area contributed by atoms with Gasteiger partial charge in [0.15, 0.2) is 0 Å². The van der Waals surface area contributed by atoms with E-state index in [0.29, 0.717) is 12.5 Å². The first-order valence-electron chi connectivity index (χ1n) is 4.73. The van der Waals surface area contributed by atoms with Crippen LogP contribution in [0.5, 0.6) is 0 Å². The highest BCUT2D eigenvalue weighted by atomic mass is 16.5. The maximum Gasteiger partial charge on any atom is 0.216 e. The lowest BCUT2D eigenvalue weighted by atomic mass is 10.1. The minimum atomic E-state index is -0.447. The number of aliphatic hydroxyl groups excluding tert-OH is 1. The Hall–Kier alpha value is -1.35. The monoisotopic (exact) mass is 191 g/mol. The fraction of sp³-hybridized carbons (Fsp3) is 0.364. The van der Waals surface area contributed by atoms with Gasteiger partial charge in [-0.2, -0.15) is 0 Å². The molecule has 0 spiro atoms. The molecule has 1 atom stereocenters. The van der Waals surface area contributed by atoms with Gasteiger partial charge < -0.3 is 9.84 Å². The summed E-state index contributed by atoms with van der Waals surface area (Å²) in [5.74, 6) is 0.688. The van der Waals surface area contributed by atoms with Crippen molar-refractivity contribution in [1.29, 1.82) is 0 Å². The van der Waals surface area contributed by atoms with Crippen LogP contribution in [0.25, 0.3) is 0 Å². The zero-order valence-corrected chi connectivity index (χ0v) is 8.10. The second-order valence-corrected chi connectivity index (χ2v) is 3.34.